The van der Waals surface area contributed by atoms with Crippen LogP contribution < -0.4 is 0 Å². The molecule has 0 aromatic carbocycles. The molecule has 1 N–H and O–H groups in total. The molecule has 1 saturated heterocycles. The molecule has 3 unspecified atom stereocenters. The zero-order chi connectivity index (χ0) is 8.72. The van der Waals surface area contributed by atoms with Gasteiger partial charge >= 0.3 is 5.97 Å². The second kappa shape index (κ2) is 2.55. The fraction of sp³-hybridized carbons (Fsp3) is 0.750. The van der Waals surface area contributed by atoms with Gasteiger partial charge in [-0.05, 0) is 0 Å². The average molecular weight is 170 g/mol. The van der Waals surface area contributed by atoms with Gasteiger partial charge in [-0.15, -0.1) is 0 Å². The van der Waals surface area contributed by atoms with Crippen molar-refractivity contribution in [1.29, 1.82) is 0 Å². The number of hydrogen-bond acceptors (Lipinski definition) is 4. The lowest BCUT2D eigenvalue weighted by atomic mass is 9.94. The van der Waals surface area contributed by atoms with Crippen LogP contribution in [0, 0.1) is 11.8 Å². The summed E-state index contributed by atoms with van der Waals surface area (Å²) >= 11 is 0. The molecule has 0 aromatic rings. The maximum absolute atomic E-state index is 10.8. The van der Waals surface area contributed by atoms with E-state index in [0.717, 1.165) is 6.29 Å². The van der Waals surface area contributed by atoms with E-state index in [2.05, 4.69) is 0 Å². The first-order valence-corrected chi connectivity index (χ1v) is 4.05. The third-order valence-electron chi connectivity index (χ3n) is 2.73. The molecular formula is C8H10O4. The van der Waals surface area contributed by atoms with Crippen molar-refractivity contribution in [2.75, 3.05) is 0 Å². The number of esters is 1. The van der Waals surface area contributed by atoms with Crippen LogP contribution >= 0.6 is 0 Å². The molecule has 4 atom stereocenters. The Morgan fingerprint density at radius 2 is 2.33 bits per heavy atom. The SMILES string of the molecule is O=C[C@H]1C(O)CC2OC(=O)CC21. The lowest BCUT2D eigenvalue weighted by Crippen LogP contribution is -2.21. The van der Waals surface area contributed by atoms with Crippen LogP contribution in [-0.2, 0) is 14.3 Å². The minimum atomic E-state index is -0.620. The smallest absolute Gasteiger partial charge is 0.306 e. The van der Waals surface area contributed by atoms with Crippen LogP contribution in [0.4, 0.5) is 0 Å². The minimum absolute atomic E-state index is 0.0787. The molecule has 12 heavy (non-hydrogen) atoms. The summed E-state index contributed by atoms with van der Waals surface area (Å²) in [5, 5.41) is 9.36. The summed E-state index contributed by atoms with van der Waals surface area (Å²) in [5.41, 5.74) is 0. The molecule has 2 fully saturated rings. The predicted octanol–water partition coefficient (Wildman–Crippen LogP) is -0.502. The van der Waals surface area contributed by atoms with Gasteiger partial charge in [0.15, 0.2) is 0 Å². The lowest BCUT2D eigenvalue weighted by Gasteiger charge is -2.10. The number of hydrogen-bond donors (Lipinski definition) is 1. The number of rotatable bonds is 1. The Kier molecular flexibility index (Phi) is 1.65. The molecule has 0 spiro atoms. The standard InChI is InChI=1S/C8H10O4/c9-3-5-4-1-8(11)12-7(4)2-6(5)10/h3-7,10H,1-2H2/t4?,5-,6?,7?/m1/s1. The van der Waals surface area contributed by atoms with Crippen LogP contribution in [-0.4, -0.2) is 29.6 Å². The number of aldehydes is 1. The second-order valence-corrected chi connectivity index (χ2v) is 3.41. The zero-order valence-corrected chi connectivity index (χ0v) is 6.47. The van der Waals surface area contributed by atoms with E-state index in [0.29, 0.717) is 6.42 Å². The lowest BCUT2D eigenvalue weighted by molar-refractivity contribution is -0.141. The summed E-state index contributed by atoms with van der Waals surface area (Å²) in [6, 6.07) is 0. The highest BCUT2D eigenvalue weighted by atomic mass is 16.6. The second-order valence-electron chi connectivity index (χ2n) is 3.41. The van der Waals surface area contributed by atoms with Gasteiger partial charge in [0.25, 0.3) is 0 Å². The Hall–Kier alpha value is -0.900. The summed E-state index contributed by atoms with van der Waals surface area (Å²) in [4.78, 5) is 21.3. The number of aliphatic hydroxyl groups is 1. The van der Waals surface area contributed by atoms with E-state index < -0.39 is 12.0 Å². The molecule has 0 radical (unpaired) electrons. The van der Waals surface area contributed by atoms with Gasteiger partial charge < -0.3 is 14.6 Å². The van der Waals surface area contributed by atoms with E-state index >= 15 is 0 Å². The average Bonchev–Trinajstić information content (AvgIpc) is 2.43. The first kappa shape index (κ1) is 7.73. The molecule has 66 valence electrons. The maximum atomic E-state index is 10.8. The largest absolute Gasteiger partial charge is 0.462 e. The van der Waals surface area contributed by atoms with E-state index in [1.54, 1.807) is 0 Å². The summed E-state index contributed by atoms with van der Waals surface area (Å²) in [5.74, 6) is -0.727. The Morgan fingerprint density at radius 3 is 3.00 bits per heavy atom. The minimum Gasteiger partial charge on any atom is -0.462 e. The number of aliphatic hydroxyl groups excluding tert-OH is 1. The van der Waals surface area contributed by atoms with Crippen LogP contribution in [0.15, 0.2) is 0 Å². The Labute approximate surface area is 69.5 Å². The highest BCUT2D eigenvalue weighted by molar-refractivity contribution is 5.74. The monoisotopic (exact) mass is 170 g/mol. The van der Waals surface area contributed by atoms with E-state index in [9.17, 15) is 14.7 Å². The quantitative estimate of drug-likeness (QED) is 0.425. The Morgan fingerprint density at radius 1 is 1.58 bits per heavy atom. The van der Waals surface area contributed by atoms with Crippen molar-refractivity contribution in [2.45, 2.75) is 25.0 Å². The zero-order valence-electron chi connectivity index (χ0n) is 6.47. The maximum Gasteiger partial charge on any atom is 0.306 e. The summed E-state index contributed by atoms with van der Waals surface area (Å²) in [6.07, 6.45) is 0.593. The molecule has 4 heteroatoms. The van der Waals surface area contributed by atoms with Crippen molar-refractivity contribution in [2.24, 2.45) is 11.8 Å². The molecule has 1 saturated carbocycles. The highest BCUT2D eigenvalue weighted by Gasteiger charge is 2.49. The number of fused-ring (bicyclic) bond motifs is 1. The van der Waals surface area contributed by atoms with Crippen molar-refractivity contribution in [3.63, 3.8) is 0 Å². The van der Waals surface area contributed by atoms with Crippen LogP contribution in [0.2, 0.25) is 0 Å². The molecule has 1 aliphatic heterocycles. The molecule has 0 aromatic heterocycles. The molecule has 1 heterocycles. The molecule has 2 rings (SSSR count). The van der Waals surface area contributed by atoms with Crippen molar-refractivity contribution in [1.82, 2.24) is 0 Å². The highest BCUT2D eigenvalue weighted by Crippen LogP contribution is 2.40. The van der Waals surface area contributed by atoms with Crippen molar-refractivity contribution >= 4 is 12.3 Å². The fourth-order valence-corrected chi connectivity index (χ4v) is 2.11. The molecular weight excluding hydrogens is 160 g/mol. The molecule has 0 bridgehead atoms. The third-order valence-corrected chi connectivity index (χ3v) is 2.73. The summed E-state index contributed by atoms with van der Waals surface area (Å²) in [7, 11) is 0. The first-order chi connectivity index (χ1) is 5.72. The van der Waals surface area contributed by atoms with Gasteiger partial charge in [0, 0.05) is 18.3 Å². The molecule has 4 nitrogen and oxygen atoms in total. The van der Waals surface area contributed by atoms with Crippen molar-refractivity contribution in [3.8, 4) is 0 Å². The molecule has 1 aliphatic carbocycles. The topological polar surface area (TPSA) is 63.6 Å². The number of carbonyl (C=O) groups excluding carboxylic acids is 2. The van der Waals surface area contributed by atoms with Gasteiger partial charge in [0.05, 0.1) is 12.5 Å². The van der Waals surface area contributed by atoms with Gasteiger partial charge in [0.2, 0.25) is 0 Å². The van der Waals surface area contributed by atoms with E-state index in [1.165, 1.54) is 0 Å². The third kappa shape index (κ3) is 0.948. The van der Waals surface area contributed by atoms with E-state index in [-0.39, 0.29) is 24.4 Å². The first-order valence-electron chi connectivity index (χ1n) is 4.05. The summed E-state index contributed by atoms with van der Waals surface area (Å²) < 4.78 is 4.93. The van der Waals surface area contributed by atoms with E-state index in [4.69, 9.17) is 4.74 Å². The normalized spacial score (nSPS) is 45.6. The van der Waals surface area contributed by atoms with Gasteiger partial charge in [-0.25, -0.2) is 0 Å². The van der Waals surface area contributed by atoms with Gasteiger partial charge in [-0.2, -0.15) is 0 Å². The van der Waals surface area contributed by atoms with Crippen LogP contribution in [0.3, 0.4) is 0 Å². The van der Waals surface area contributed by atoms with Gasteiger partial charge in [-0.1, -0.05) is 0 Å². The Bertz CT molecular complexity index is 225. The van der Waals surface area contributed by atoms with Crippen LogP contribution in [0.1, 0.15) is 12.8 Å². The van der Waals surface area contributed by atoms with E-state index in [1.807, 2.05) is 0 Å². The molecule has 0 amide bonds. The van der Waals surface area contributed by atoms with Gasteiger partial charge in [-0.3, -0.25) is 4.79 Å². The van der Waals surface area contributed by atoms with Crippen LogP contribution in [0.5, 0.6) is 0 Å². The summed E-state index contributed by atoms with van der Waals surface area (Å²) in [6.45, 7) is 0. The van der Waals surface area contributed by atoms with Crippen LogP contribution in [0.25, 0.3) is 0 Å². The van der Waals surface area contributed by atoms with Gasteiger partial charge in [0.1, 0.15) is 12.4 Å². The Balaban J connectivity index is 2.16. The van der Waals surface area contributed by atoms with Crippen molar-refractivity contribution < 1.29 is 19.4 Å². The predicted molar refractivity (Wildman–Crippen MR) is 38.2 cm³/mol. The number of ether oxygens (including phenoxy) is 1. The fourth-order valence-electron chi connectivity index (χ4n) is 2.11. The number of carbonyl (C=O) groups is 2. The molecule has 2 aliphatic rings. The van der Waals surface area contributed by atoms with Crippen molar-refractivity contribution in [3.05, 3.63) is 0 Å².